The van der Waals surface area contributed by atoms with Gasteiger partial charge in [0.15, 0.2) is 0 Å². The molecule has 7 heteroatoms. The lowest BCUT2D eigenvalue weighted by molar-refractivity contribution is 0.403. The first kappa shape index (κ1) is 13.2. The van der Waals surface area contributed by atoms with Crippen LogP contribution in [0.4, 0.5) is 5.82 Å². The number of aromatic nitrogens is 1. The molecule has 1 aliphatic rings. The maximum atomic E-state index is 10.7. The largest absolute Gasteiger partial charge is 0.749 e. The van der Waals surface area contributed by atoms with Crippen LogP contribution in [0.25, 0.3) is 0 Å². The van der Waals surface area contributed by atoms with E-state index in [9.17, 15) is 4.57 Å². The van der Waals surface area contributed by atoms with E-state index in [1.807, 2.05) is 6.07 Å². The van der Waals surface area contributed by atoms with Gasteiger partial charge in [0.05, 0.1) is 0 Å². The fourth-order valence-electron chi connectivity index (χ4n) is 2.13. The zero-order chi connectivity index (χ0) is 13.3. The first-order valence-electron chi connectivity index (χ1n) is 5.86. The van der Waals surface area contributed by atoms with Crippen molar-refractivity contribution in [2.24, 2.45) is 5.73 Å². The number of rotatable bonds is 3. The number of hydrogen-bond donors (Lipinski definition) is 2. The summed E-state index contributed by atoms with van der Waals surface area (Å²) in [5.74, 6) is 0.898. The van der Waals surface area contributed by atoms with Gasteiger partial charge in [-0.2, -0.15) is 4.98 Å². The zero-order valence-corrected chi connectivity index (χ0v) is 11.3. The Balaban J connectivity index is 2.39. The highest BCUT2D eigenvalue weighted by molar-refractivity contribution is 7.32. The van der Waals surface area contributed by atoms with E-state index in [0.717, 1.165) is 24.3 Å². The van der Waals surface area contributed by atoms with E-state index in [1.54, 1.807) is 6.07 Å². The molecule has 0 bridgehead atoms. The molecule has 2 atom stereocenters. The molecule has 6 nitrogen and oxygen atoms in total. The molecule has 18 heavy (non-hydrogen) atoms. The fourth-order valence-corrected chi connectivity index (χ4v) is 2.40. The lowest BCUT2D eigenvalue weighted by Crippen LogP contribution is -2.39. The third-order valence-corrected chi connectivity index (χ3v) is 3.37. The summed E-state index contributed by atoms with van der Waals surface area (Å²) in [7, 11) is -2.69. The zero-order valence-electron chi connectivity index (χ0n) is 10.4. The van der Waals surface area contributed by atoms with Crippen molar-refractivity contribution in [1.29, 1.82) is 0 Å². The van der Waals surface area contributed by atoms with E-state index in [1.165, 1.54) is 0 Å². The van der Waals surface area contributed by atoms with E-state index in [-0.39, 0.29) is 11.9 Å². The highest BCUT2D eigenvalue weighted by Gasteiger charge is 2.27. The second kappa shape index (κ2) is 5.18. The molecule has 0 aromatic carbocycles. The minimum absolute atomic E-state index is 0.0422. The minimum Gasteiger partial charge on any atom is -0.354 e. The smallest absolute Gasteiger partial charge is 0.354 e. The van der Waals surface area contributed by atoms with Gasteiger partial charge in [0.2, 0.25) is 0 Å². The Morgan fingerprint density at radius 1 is 1.61 bits per heavy atom. The van der Waals surface area contributed by atoms with Crippen molar-refractivity contribution in [2.75, 3.05) is 11.4 Å². The first-order chi connectivity index (χ1) is 8.49. The molecular weight excluding hydrogens is 253 g/mol. The van der Waals surface area contributed by atoms with Gasteiger partial charge in [-0.25, -0.2) is 4.52 Å². The van der Waals surface area contributed by atoms with Gasteiger partial charge < -0.3 is 10.6 Å². The average Bonchev–Trinajstić information content (AvgIpc) is 2.28. The Hall–Kier alpha value is -1.23. The van der Waals surface area contributed by atoms with Gasteiger partial charge in [0.25, 0.3) is 5.88 Å². The van der Waals surface area contributed by atoms with Crippen LogP contribution < -0.4 is 15.2 Å². The SMILES string of the molecule is CC(C)N1CCC(N)c2ccc(O[P+](=O)O)nc21. The molecule has 0 aliphatic carbocycles. The molecule has 2 unspecified atom stereocenters. The standard InChI is InChI=1S/C11H16N3O3P/c1-7(2)14-6-5-9(12)8-3-4-10(13-11(8)14)17-18(15)16/h3-4,7,9H,5-6,12H2,1-2H3/p+1. The maximum absolute atomic E-state index is 10.7. The number of nitrogens with two attached hydrogens (primary N) is 1. The van der Waals surface area contributed by atoms with Crippen LogP contribution in [-0.2, 0) is 4.57 Å². The molecule has 0 saturated heterocycles. The number of pyridine rings is 1. The van der Waals surface area contributed by atoms with Crippen molar-refractivity contribution in [1.82, 2.24) is 4.98 Å². The van der Waals surface area contributed by atoms with Gasteiger partial charge >= 0.3 is 8.25 Å². The Kier molecular flexibility index (Phi) is 3.80. The van der Waals surface area contributed by atoms with Gasteiger partial charge in [-0.1, -0.05) is 0 Å². The highest BCUT2D eigenvalue weighted by Crippen LogP contribution is 2.34. The van der Waals surface area contributed by atoms with Crippen LogP contribution in [0.15, 0.2) is 12.1 Å². The summed E-state index contributed by atoms with van der Waals surface area (Å²) in [6.07, 6.45) is 0.876. The summed E-state index contributed by atoms with van der Waals surface area (Å²) in [4.78, 5) is 15.2. The van der Waals surface area contributed by atoms with Crippen LogP contribution >= 0.6 is 8.25 Å². The third kappa shape index (κ3) is 2.61. The van der Waals surface area contributed by atoms with Crippen molar-refractivity contribution in [2.45, 2.75) is 32.4 Å². The van der Waals surface area contributed by atoms with E-state index >= 15 is 0 Å². The lowest BCUT2D eigenvalue weighted by Gasteiger charge is -2.35. The van der Waals surface area contributed by atoms with E-state index < -0.39 is 8.25 Å². The summed E-state index contributed by atoms with van der Waals surface area (Å²) in [5, 5.41) is 0. The molecule has 2 heterocycles. The van der Waals surface area contributed by atoms with Crippen LogP contribution in [0, 0.1) is 0 Å². The number of hydrogen-bond acceptors (Lipinski definition) is 5. The summed E-state index contributed by atoms with van der Waals surface area (Å²) >= 11 is 0. The van der Waals surface area contributed by atoms with Gasteiger partial charge in [-0.05, 0) is 26.3 Å². The van der Waals surface area contributed by atoms with Crippen LogP contribution in [-0.4, -0.2) is 22.5 Å². The van der Waals surface area contributed by atoms with Gasteiger partial charge in [0.1, 0.15) is 5.82 Å². The van der Waals surface area contributed by atoms with Gasteiger partial charge in [0, 0.05) is 34.8 Å². The van der Waals surface area contributed by atoms with Gasteiger partial charge in [-0.15, -0.1) is 4.89 Å². The van der Waals surface area contributed by atoms with E-state index in [4.69, 9.17) is 15.2 Å². The molecule has 1 aliphatic heterocycles. The van der Waals surface area contributed by atoms with Crippen molar-refractivity contribution in [3.8, 4) is 5.88 Å². The second-order valence-corrected chi connectivity index (χ2v) is 5.23. The topological polar surface area (TPSA) is 88.7 Å². The van der Waals surface area contributed by atoms with Crippen LogP contribution in [0.1, 0.15) is 31.9 Å². The van der Waals surface area contributed by atoms with Crippen molar-refractivity contribution >= 4 is 14.1 Å². The normalized spacial score (nSPS) is 19.7. The summed E-state index contributed by atoms with van der Waals surface area (Å²) in [6.45, 7) is 4.97. The Labute approximate surface area is 107 Å². The van der Waals surface area contributed by atoms with Crippen LogP contribution in [0.3, 0.4) is 0 Å². The fraction of sp³-hybridized carbons (Fsp3) is 0.545. The molecule has 0 fully saturated rings. The van der Waals surface area contributed by atoms with Crippen molar-refractivity contribution in [3.63, 3.8) is 0 Å². The molecule has 0 amide bonds. The molecule has 1 aromatic rings. The van der Waals surface area contributed by atoms with Crippen LogP contribution in [0.5, 0.6) is 5.88 Å². The molecule has 2 rings (SSSR count). The predicted molar refractivity (Wildman–Crippen MR) is 68.7 cm³/mol. The Morgan fingerprint density at radius 2 is 2.33 bits per heavy atom. The Bertz CT molecular complexity index is 467. The van der Waals surface area contributed by atoms with Gasteiger partial charge in [-0.3, -0.25) is 0 Å². The number of fused-ring (bicyclic) bond motifs is 1. The average molecular weight is 270 g/mol. The molecule has 0 spiro atoms. The first-order valence-corrected chi connectivity index (χ1v) is 6.99. The summed E-state index contributed by atoms with van der Waals surface area (Å²) in [5.41, 5.74) is 7.00. The highest BCUT2D eigenvalue weighted by atomic mass is 31.1. The Morgan fingerprint density at radius 3 is 2.94 bits per heavy atom. The van der Waals surface area contributed by atoms with E-state index in [0.29, 0.717) is 6.04 Å². The quantitative estimate of drug-likeness (QED) is 0.813. The minimum atomic E-state index is -2.69. The number of nitrogens with zero attached hydrogens (tertiary/aromatic N) is 2. The van der Waals surface area contributed by atoms with Crippen molar-refractivity contribution < 1.29 is 14.0 Å². The second-order valence-electron chi connectivity index (χ2n) is 4.57. The molecule has 0 radical (unpaired) electrons. The lowest BCUT2D eigenvalue weighted by atomic mass is 9.99. The molecule has 0 saturated carbocycles. The van der Waals surface area contributed by atoms with Crippen LogP contribution in [0.2, 0.25) is 0 Å². The maximum Gasteiger partial charge on any atom is 0.749 e. The summed E-state index contributed by atoms with van der Waals surface area (Å²) < 4.78 is 15.4. The van der Waals surface area contributed by atoms with Crippen molar-refractivity contribution in [3.05, 3.63) is 17.7 Å². The molecule has 3 N–H and O–H groups in total. The monoisotopic (exact) mass is 270 g/mol. The number of anilines is 1. The third-order valence-electron chi connectivity index (χ3n) is 3.03. The molecular formula is C11H17N3O3P+. The summed E-state index contributed by atoms with van der Waals surface area (Å²) in [6, 6.07) is 3.64. The molecule has 98 valence electrons. The predicted octanol–water partition coefficient (Wildman–Crippen LogP) is 1.73. The molecule has 1 aromatic heterocycles. The van der Waals surface area contributed by atoms with E-state index in [2.05, 4.69) is 23.7 Å².